The molecule has 1 aliphatic carbocycles. The van der Waals surface area contributed by atoms with Crippen LogP contribution >= 0.6 is 0 Å². The number of carbonyl (C=O) groups is 1. The highest BCUT2D eigenvalue weighted by Gasteiger charge is 2.27. The Bertz CT molecular complexity index is 484. The van der Waals surface area contributed by atoms with Crippen molar-refractivity contribution in [3.8, 4) is 5.75 Å². The third-order valence-corrected chi connectivity index (χ3v) is 4.00. The second-order valence-electron chi connectivity index (χ2n) is 5.51. The molecule has 1 fully saturated rings. The standard InChI is InChI=1S/C16H22FNO3/c1-21-16(20)15(13-10-11(17)8-9-14(13)19)18-12-6-4-2-3-5-7-12/h8-10,12,15,18-19H,2-7H2,1H3. The average Bonchev–Trinajstić information content (AvgIpc) is 2.75. The van der Waals surface area contributed by atoms with Crippen LogP contribution in [0.2, 0.25) is 0 Å². The number of carbonyl (C=O) groups excluding carboxylic acids is 1. The fourth-order valence-electron chi connectivity index (χ4n) is 2.84. The van der Waals surface area contributed by atoms with Gasteiger partial charge >= 0.3 is 5.97 Å². The van der Waals surface area contributed by atoms with Crippen molar-refractivity contribution in [1.82, 2.24) is 5.32 Å². The highest BCUT2D eigenvalue weighted by molar-refractivity contribution is 5.78. The first kappa shape index (κ1) is 15.8. The molecule has 0 aliphatic heterocycles. The number of esters is 1. The maximum Gasteiger partial charge on any atom is 0.327 e. The zero-order valence-electron chi connectivity index (χ0n) is 12.3. The van der Waals surface area contributed by atoms with Crippen LogP contribution in [0.25, 0.3) is 0 Å². The van der Waals surface area contributed by atoms with E-state index in [2.05, 4.69) is 5.32 Å². The van der Waals surface area contributed by atoms with Gasteiger partial charge in [-0.3, -0.25) is 5.32 Å². The molecule has 1 atom stereocenters. The van der Waals surface area contributed by atoms with Gasteiger partial charge in [0, 0.05) is 11.6 Å². The summed E-state index contributed by atoms with van der Waals surface area (Å²) in [6.07, 6.45) is 6.58. The molecule has 0 saturated heterocycles. The highest BCUT2D eigenvalue weighted by atomic mass is 19.1. The number of halogens is 1. The molecular formula is C16H22FNO3. The van der Waals surface area contributed by atoms with Crippen LogP contribution < -0.4 is 5.32 Å². The molecule has 1 saturated carbocycles. The van der Waals surface area contributed by atoms with E-state index in [0.29, 0.717) is 0 Å². The van der Waals surface area contributed by atoms with E-state index in [1.54, 1.807) is 0 Å². The Kier molecular flexibility index (Phi) is 5.56. The van der Waals surface area contributed by atoms with Gasteiger partial charge in [0.2, 0.25) is 0 Å². The van der Waals surface area contributed by atoms with Gasteiger partial charge in [-0.15, -0.1) is 0 Å². The molecule has 1 aromatic rings. The fourth-order valence-corrected chi connectivity index (χ4v) is 2.84. The average molecular weight is 295 g/mol. The van der Waals surface area contributed by atoms with Gasteiger partial charge in [0.25, 0.3) is 0 Å². The Morgan fingerprint density at radius 2 is 2.00 bits per heavy atom. The minimum absolute atomic E-state index is 0.104. The molecule has 0 heterocycles. The van der Waals surface area contributed by atoms with E-state index in [4.69, 9.17) is 4.74 Å². The van der Waals surface area contributed by atoms with Crippen LogP contribution in [0.4, 0.5) is 4.39 Å². The van der Waals surface area contributed by atoms with E-state index in [1.807, 2.05) is 0 Å². The van der Waals surface area contributed by atoms with E-state index in [1.165, 1.54) is 38.2 Å². The van der Waals surface area contributed by atoms with Crippen LogP contribution in [-0.2, 0) is 9.53 Å². The van der Waals surface area contributed by atoms with E-state index in [9.17, 15) is 14.3 Å². The predicted octanol–water partition coefficient (Wildman–Crippen LogP) is 3.06. The van der Waals surface area contributed by atoms with Crippen molar-refractivity contribution in [2.24, 2.45) is 0 Å². The number of hydrogen-bond donors (Lipinski definition) is 2. The molecule has 116 valence electrons. The van der Waals surface area contributed by atoms with Gasteiger partial charge in [-0.2, -0.15) is 0 Å². The molecule has 5 heteroatoms. The molecule has 1 unspecified atom stereocenters. The summed E-state index contributed by atoms with van der Waals surface area (Å²) in [5, 5.41) is 13.2. The number of nitrogens with one attached hydrogen (secondary N) is 1. The number of methoxy groups -OCH3 is 1. The van der Waals surface area contributed by atoms with Crippen molar-refractivity contribution < 1.29 is 19.0 Å². The molecule has 21 heavy (non-hydrogen) atoms. The number of phenolic OH excluding ortho intramolecular Hbond substituents is 1. The quantitative estimate of drug-likeness (QED) is 0.662. The summed E-state index contributed by atoms with van der Waals surface area (Å²) >= 11 is 0. The zero-order chi connectivity index (χ0) is 15.2. The van der Waals surface area contributed by atoms with Gasteiger partial charge in [-0.25, -0.2) is 9.18 Å². The lowest BCUT2D eigenvalue weighted by atomic mass is 10.0. The zero-order valence-corrected chi connectivity index (χ0v) is 12.3. The minimum atomic E-state index is -0.839. The Balaban J connectivity index is 2.21. The number of rotatable bonds is 4. The van der Waals surface area contributed by atoms with Crippen LogP contribution in [0.15, 0.2) is 18.2 Å². The Labute approximate surface area is 124 Å². The van der Waals surface area contributed by atoms with Crippen molar-refractivity contribution in [1.29, 1.82) is 0 Å². The molecule has 2 rings (SSSR count). The fraction of sp³-hybridized carbons (Fsp3) is 0.562. The van der Waals surface area contributed by atoms with Crippen LogP contribution in [0, 0.1) is 5.82 Å². The van der Waals surface area contributed by atoms with Crippen molar-refractivity contribution in [3.05, 3.63) is 29.6 Å². The maximum absolute atomic E-state index is 13.4. The van der Waals surface area contributed by atoms with Crippen LogP contribution in [0.3, 0.4) is 0 Å². The second-order valence-corrected chi connectivity index (χ2v) is 5.51. The number of phenols is 1. The van der Waals surface area contributed by atoms with E-state index in [-0.39, 0.29) is 17.4 Å². The summed E-state index contributed by atoms with van der Waals surface area (Å²) in [6, 6.07) is 2.95. The molecule has 1 aromatic carbocycles. The van der Waals surface area contributed by atoms with E-state index >= 15 is 0 Å². The monoisotopic (exact) mass is 295 g/mol. The molecule has 2 N–H and O–H groups in total. The molecule has 0 bridgehead atoms. The lowest BCUT2D eigenvalue weighted by molar-refractivity contribution is -0.143. The van der Waals surface area contributed by atoms with Gasteiger partial charge in [0.05, 0.1) is 7.11 Å². The summed E-state index contributed by atoms with van der Waals surface area (Å²) < 4.78 is 18.2. The van der Waals surface area contributed by atoms with Crippen molar-refractivity contribution in [2.75, 3.05) is 7.11 Å². The lowest BCUT2D eigenvalue weighted by Crippen LogP contribution is -2.37. The van der Waals surface area contributed by atoms with Gasteiger partial charge in [-0.05, 0) is 31.0 Å². The smallest absolute Gasteiger partial charge is 0.327 e. The SMILES string of the molecule is COC(=O)C(NC1CCCCCC1)c1cc(F)ccc1O. The van der Waals surface area contributed by atoms with Crippen molar-refractivity contribution >= 4 is 5.97 Å². The Morgan fingerprint density at radius 1 is 1.33 bits per heavy atom. The minimum Gasteiger partial charge on any atom is -0.508 e. The number of ether oxygens (including phenoxy) is 1. The third kappa shape index (κ3) is 4.17. The number of aromatic hydroxyl groups is 1. The molecule has 0 radical (unpaired) electrons. The van der Waals surface area contributed by atoms with Gasteiger partial charge < -0.3 is 9.84 Å². The molecule has 4 nitrogen and oxygen atoms in total. The lowest BCUT2D eigenvalue weighted by Gasteiger charge is -2.24. The summed E-state index contributed by atoms with van der Waals surface area (Å²) in [4.78, 5) is 12.0. The first-order chi connectivity index (χ1) is 10.1. The normalized spacial score (nSPS) is 18.0. The van der Waals surface area contributed by atoms with Crippen LogP contribution in [-0.4, -0.2) is 24.2 Å². The first-order valence-corrected chi connectivity index (χ1v) is 7.44. The summed E-state index contributed by atoms with van der Waals surface area (Å²) in [5.41, 5.74) is 0.228. The largest absolute Gasteiger partial charge is 0.508 e. The van der Waals surface area contributed by atoms with Gasteiger partial charge in [0.1, 0.15) is 17.6 Å². The molecule has 0 amide bonds. The number of hydrogen-bond acceptors (Lipinski definition) is 4. The predicted molar refractivity (Wildman–Crippen MR) is 77.4 cm³/mol. The third-order valence-electron chi connectivity index (χ3n) is 4.00. The summed E-state index contributed by atoms with van der Waals surface area (Å²) in [5.74, 6) is -1.10. The van der Waals surface area contributed by atoms with Gasteiger partial charge in [-0.1, -0.05) is 25.7 Å². The molecule has 0 aromatic heterocycles. The van der Waals surface area contributed by atoms with Crippen LogP contribution in [0.1, 0.15) is 50.1 Å². The van der Waals surface area contributed by atoms with Crippen LogP contribution in [0.5, 0.6) is 5.75 Å². The Morgan fingerprint density at radius 3 is 2.62 bits per heavy atom. The van der Waals surface area contributed by atoms with Crippen molar-refractivity contribution in [2.45, 2.75) is 50.6 Å². The summed E-state index contributed by atoms with van der Waals surface area (Å²) in [6.45, 7) is 0. The van der Waals surface area contributed by atoms with E-state index < -0.39 is 17.8 Å². The second kappa shape index (κ2) is 7.41. The highest BCUT2D eigenvalue weighted by Crippen LogP contribution is 2.28. The van der Waals surface area contributed by atoms with E-state index in [0.717, 1.165) is 25.7 Å². The molecular weight excluding hydrogens is 273 g/mol. The topological polar surface area (TPSA) is 58.6 Å². The maximum atomic E-state index is 13.4. The number of benzene rings is 1. The first-order valence-electron chi connectivity index (χ1n) is 7.44. The van der Waals surface area contributed by atoms with Gasteiger partial charge in [0.15, 0.2) is 0 Å². The summed E-state index contributed by atoms with van der Waals surface area (Å²) in [7, 11) is 1.29. The molecule has 1 aliphatic rings. The van der Waals surface area contributed by atoms with Crippen molar-refractivity contribution in [3.63, 3.8) is 0 Å². The Hall–Kier alpha value is -1.62. The molecule has 0 spiro atoms.